The molecule has 1 aliphatic rings. The van der Waals surface area contributed by atoms with Crippen LogP contribution in [0.4, 0.5) is 24.5 Å². The molecule has 0 aromatic heterocycles. The molecule has 8 heteroatoms. The highest BCUT2D eigenvalue weighted by atomic mass is 19.4. The zero-order valence-corrected chi connectivity index (χ0v) is 18.2. The molecule has 0 radical (unpaired) electrons. The van der Waals surface area contributed by atoms with Gasteiger partial charge in [0.05, 0.1) is 23.4 Å². The highest BCUT2D eigenvalue weighted by Crippen LogP contribution is 2.34. The smallest absolute Gasteiger partial charge is 0.416 e. The van der Waals surface area contributed by atoms with E-state index in [0.717, 1.165) is 43.8 Å². The van der Waals surface area contributed by atoms with Gasteiger partial charge >= 0.3 is 12.1 Å². The lowest BCUT2D eigenvalue weighted by Crippen LogP contribution is -2.22. The van der Waals surface area contributed by atoms with Crippen LogP contribution >= 0.6 is 0 Å². The predicted octanol–water partition coefficient (Wildman–Crippen LogP) is 5.85. The van der Waals surface area contributed by atoms with Gasteiger partial charge in [0.2, 0.25) is 0 Å². The molecule has 1 fully saturated rings. The third-order valence-electron chi connectivity index (χ3n) is 5.81. The fourth-order valence-corrected chi connectivity index (χ4v) is 4.15. The van der Waals surface area contributed by atoms with Gasteiger partial charge < -0.3 is 15.3 Å². The van der Waals surface area contributed by atoms with E-state index >= 15 is 0 Å². The van der Waals surface area contributed by atoms with Crippen LogP contribution in [-0.2, 0) is 17.4 Å². The number of halogens is 3. The van der Waals surface area contributed by atoms with Crippen LogP contribution in [0.25, 0.3) is 11.1 Å². The molecular formula is C26H23F3N2O3. The summed E-state index contributed by atoms with van der Waals surface area (Å²) in [5.74, 6) is -1.34. The third-order valence-corrected chi connectivity index (χ3v) is 5.81. The Bertz CT molecular complexity index is 1200. The summed E-state index contributed by atoms with van der Waals surface area (Å²) in [6.07, 6.45) is -2.54. The van der Waals surface area contributed by atoms with E-state index in [1.165, 1.54) is 12.1 Å². The van der Waals surface area contributed by atoms with Crippen LogP contribution in [0.1, 0.15) is 34.3 Å². The summed E-state index contributed by atoms with van der Waals surface area (Å²) in [6, 6.07) is 16.6. The minimum Gasteiger partial charge on any atom is -0.481 e. The molecule has 1 saturated heterocycles. The first-order valence-corrected chi connectivity index (χ1v) is 10.9. The lowest BCUT2D eigenvalue weighted by molar-refractivity contribution is -0.138. The van der Waals surface area contributed by atoms with Crippen molar-refractivity contribution in [1.29, 1.82) is 0 Å². The van der Waals surface area contributed by atoms with E-state index < -0.39 is 23.6 Å². The maximum Gasteiger partial charge on any atom is 0.416 e. The van der Waals surface area contributed by atoms with Crippen molar-refractivity contribution in [3.63, 3.8) is 0 Å². The van der Waals surface area contributed by atoms with Crippen molar-refractivity contribution < 1.29 is 27.9 Å². The fourth-order valence-electron chi connectivity index (χ4n) is 4.15. The van der Waals surface area contributed by atoms with Gasteiger partial charge in [0.25, 0.3) is 5.91 Å². The number of carbonyl (C=O) groups excluding carboxylic acids is 1. The molecule has 1 heterocycles. The zero-order valence-electron chi connectivity index (χ0n) is 18.2. The average Bonchev–Trinajstić information content (AvgIpc) is 3.34. The van der Waals surface area contributed by atoms with Crippen molar-refractivity contribution in [1.82, 2.24) is 0 Å². The van der Waals surface area contributed by atoms with Crippen molar-refractivity contribution in [2.45, 2.75) is 25.4 Å². The highest BCUT2D eigenvalue weighted by molar-refractivity contribution is 6.10. The Morgan fingerprint density at radius 1 is 0.941 bits per heavy atom. The standard InChI is InChI=1S/C26H23F3N2O3/c27-26(28,29)19-10-8-18(9-11-19)20-5-1-2-6-21(20)25(34)30-22-12-7-17(16-24(32)33)15-23(22)31-13-3-4-14-31/h1-2,5-12,15H,3-4,13-14,16H2,(H,30,34)(H,32,33). The maximum absolute atomic E-state index is 13.3. The van der Waals surface area contributed by atoms with Crippen LogP contribution in [0.2, 0.25) is 0 Å². The highest BCUT2D eigenvalue weighted by Gasteiger charge is 2.30. The topological polar surface area (TPSA) is 69.6 Å². The first kappa shape index (κ1) is 23.4. The Morgan fingerprint density at radius 2 is 1.62 bits per heavy atom. The predicted molar refractivity (Wildman–Crippen MR) is 124 cm³/mol. The molecule has 0 atom stereocenters. The Kier molecular flexibility index (Phi) is 6.58. The molecule has 34 heavy (non-hydrogen) atoms. The van der Waals surface area contributed by atoms with Gasteiger partial charge in [-0.1, -0.05) is 36.4 Å². The second-order valence-electron chi connectivity index (χ2n) is 8.19. The molecule has 2 N–H and O–H groups in total. The molecule has 4 rings (SSSR count). The van der Waals surface area contributed by atoms with Crippen LogP contribution in [0.5, 0.6) is 0 Å². The number of amides is 1. The summed E-state index contributed by atoms with van der Waals surface area (Å²) < 4.78 is 38.8. The molecule has 0 spiro atoms. The van der Waals surface area contributed by atoms with Crippen LogP contribution < -0.4 is 10.2 Å². The fraction of sp³-hybridized carbons (Fsp3) is 0.231. The Morgan fingerprint density at radius 3 is 2.26 bits per heavy atom. The lowest BCUT2D eigenvalue weighted by Gasteiger charge is -2.23. The molecule has 176 valence electrons. The van der Waals surface area contributed by atoms with E-state index in [1.54, 1.807) is 42.5 Å². The number of rotatable bonds is 6. The molecule has 0 aliphatic carbocycles. The molecule has 3 aromatic rings. The van der Waals surface area contributed by atoms with E-state index in [0.29, 0.717) is 27.9 Å². The second-order valence-corrected chi connectivity index (χ2v) is 8.19. The average molecular weight is 468 g/mol. The van der Waals surface area contributed by atoms with E-state index in [2.05, 4.69) is 10.2 Å². The molecule has 3 aromatic carbocycles. The van der Waals surface area contributed by atoms with Gasteiger partial charge in [-0.3, -0.25) is 9.59 Å². The van der Waals surface area contributed by atoms with E-state index in [9.17, 15) is 22.8 Å². The lowest BCUT2D eigenvalue weighted by atomic mass is 9.98. The number of aliphatic carboxylic acids is 1. The molecule has 5 nitrogen and oxygen atoms in total. The van der Waals surface area contributed by atoms with Gasteiger partial charge in [-0.15, -0.1) is 0 Å². The van der Waals surface area contributed by atoms with E-state index in [1.807, 2.05) is 0 Å². The van der Waals surface area contributed by atoms with Gasteiger partial charge in [0, 0.05) is 18.7 Å². The summed E-state index contributed by atoms with van der Waals surface area (Å²) in [4.78, 5) is 26.5. The van der Waals surface area contributed by atoms with Gasteiger partial charge in [0.15, 0.2) is 0 Å². The monoisotopic (exact) mass is 468 g/mol. The van der Waals surface area contributed by atoms with Crippen LogP contribution in [0, 0.1) is 0 Å². The number of hydrogen-bond acceptors (Lipinski definition) is 3. The largest absolute Gasteiger partial charge is 0.481 e. The van der Waals surface area contributed by atoms with Gasteiger partial charge in [0.1, 0.15) is 0 Å². The molecule has 0 unspecified atom stereocenters. The molecule has 1 amide bonds. The van der Waals surface area contributed by atoms with Crippen molar-refractivity contribution >= 4 is 23.3 Å². The van der Waals surface area contributed by atoms with Crippen molar-refractivity contribution in [2.24, 2.45) is 0 Å². The number of anilines is 2. The normalized spacial score (nSPS) is 13.7. The van der Waals surface area contributed by atoms with Crippen LogP contribution in [-0.4, -0.2) is 30.1 Å². The number of carboxylic acids is 1. The summed E-state index contributed by atoms with van der Waals surface area (Å²) in [5, 5.41) is 12.1. The van der Waals surface area contributed by atoms with Crippen molar-refractivity contribution in [3.8, 4) is 11.1 Å². The Balaban J connectivity index is 1.64. The van der Waals surface area contributed by atoms with Gasteiger partial charge in [-0.25, -0.2) is 0 Å². The van der Waals surface area contributed by atoms with Crippen LogP contribution in [0.15, 0.2) is 66.7 Å². The summed E-state index contributed by atoms with van der Waals surface area (Å²) in [6.45, 7) is 1.61. The summed E-state index contributed by atoms with van der Waals surface area (Å²) >= 11 is 0. The molecule has 0 saturated carbocycles. The molecular weight excluding hydrogens is 445 g/mol. The minimum absolute atomic E-state index is 0.119. The minimum atomic E-state index is -4.44. The Labute approximate surface area is 194 Å². The van der Waals surface area contributed by atoms with E-state index in [4.69, 9.17) is 5.11 Å². The summed E-state index contributed by atoms with van der Waals surface area (Å²) in [7, 11) is 0. The first-order valence-electron chi connectivity index (χ1n) is 10.9. The SMILES string of the molecule is O=C(O)Cc1ccc(NC(=O)c2ccccc2-c2ccc(C(F)(F)F)cc2)c(N2CCCC2)c1. The van der Waals surface area contributed by atoms with E-state index in [-0.39, 0.29) is 6.42 Å². The molecule has 0 bridgehead atoms. The first-order chi connectivity index (χ1) is 16.2. The van der Waals surface area contributed by atoms with Crippen molar-refractivity contribution in [3.05, 3.63) is 83.4 Å². The summed E-state index contributed by atoms with van der Waals surface area (Å²) in [5.41, 5.74) is 2.53. The number of nitrogens with zero attached hydrogens (tertiary/aromatic N) is 1. The van der Waals surface area contributed by atoms with Crippen LogP contribution in [0.3, 0.4) is 0 Å². The quantitative estimate of drug-likeness (QED) is 0.476. The third kappa shape index (κ3) is 5.22. The number of carbonyl (C=O) groups is 2. The maximum atomic E-state index is 13.3. The number of carboxylic acid groups (broad SMARTS) is 1. The van der Waals surface area contributed by atoms with Crippen molar-refractivity contribution in [2.75, 3.05) is 23.3 Å². The molecule has 1 aliphatic heterocycles. The van der Waals surface area contributed by atoms with Gasteiger partial charge in [-0.05, 0) is 59.9 Å². The number of hydrogen-bond donors (Lipinski definition) is 2. The Hall–Kier alpha value is -3.81. The number of benzene rings is 3. The number of nitrogens with one attached hydrogen (secondary N) is 1. The van der Waals surface area contributed by atoms with Gasteiger partial charge in [-0.2, -0.15) is 13.2 Å². The number of alkyl halides is 3. The zero-order chi connectivity index (χ0) is 24.3. The second kappa shape index (κ2) is 9.59.